The number of benzene rings is 1. The molecule has 0 saturated heterocycles. The molecule has 0 fully saturated rings. The van der Waals surface area contributed by atoms with Crippen molar-refractivity contribution in [1.82, 2.24) is 15.0 Å². The van der Waals surface area contributed by atoms with Crippen molar-refractivity contribution < 1.29 is 0 Å². The van der Waals surface area contributed by atoms with Gasteiger partial charge in [0.1, 0.15) is 5.82 Å². The number of aromatic nitrogens is 3. The second-order valence-electron chi connectivity index (χ2n) is 4.76. The number of hydrogen-bond acceptors (Lipinski definition) is 5. The predicted octanol–water partition coefficient (Wildman–Crippen LogP) is 4.53. The van der Waals surface area contributed by atoms with Crippen LogP contribution in [0.2, 0.25) is 10.0 Å². The van der Waals surface area contributed by atoms with Gasteiger partial charge < -0.3 is 10.6 Å². The Labute approximate surface area is 143 Å². The average molecular weight is 346 g/mol. The number of rotatable bonds is 5. The first-order valence-corrected chi connectivity index (χ1v) is 7.63. The second kappa shape index (κ2) is 7.26. The van der Waals surface area contributed by atoms with E-state index in [0.717, 1.165) is 11.3 Å². The summed E-state index contributed by atoms with van der Waals surface area (Å²) in [7, 11) is 0. The summed E-state index contributed by atoms with van der Waals surface area (Å²) in [6, 6.07) is 10.9. The van der Waals surface area contributed by atoms with Gasteiger partial charge in [0.25, 0.3) is 0 Å². The largest absolute Gasteiger partial charge is 0.366 e. The minimum absolute atomic E-state index is 0.461. The molecule has 5 nitrogen and oxygen atoms in total. The van der Waals surface area contributed by atoms with Crippen molar-refractivity contribution in [2.75, 3.05) is 10.6 Å². The van der Waals surface area contributed by atoms with Crippen LogP contribution in [0.5, 0.6) is 0 Å². The van der Waals surface area contributed by atoms with E-state index in [-0.39, 0.29) is 0 Å². The first-order chi connectivity index (χ1) is 11.2. The van der Waals surface area contributed by atoms with Gasteiger partial charge in [-0.2, -0.15) is 4.98 Å². The highest BCUT2D eigenvalue weighted by molar-refractivity contribution is 6.35. The summed E-state index contributed by atoms with van der Waals surface area (Å²) in [5.74, 6) is 1.18. The van der Waals surface area contributed by atoms with Crippen molar-refractivity contribution in [1.29, 1.82) is 0 Å². The van der Waals surface area contributed by atoms with Crippen LogP contribution in [-0.2, 0) is 6.54 Å². The molecule has 0 atom stereocenters. The number of halogens is 2. The van der Waals surface area contributed by atoms with Crippen molar-refractivity contribution in [3.05, 3.63) is 70.6 Å². The van der Waals surface area contributed by atoms with Crippen LogP contribution in [0.25, 0.3) is 0 Å². The Bertz CT molecular complexity index is 775. The molecule has 0 spiro atoms. The van der Waals surface area contributed by atoms with Gasteiger partial charge in [-0.15, -0.1) is 0 Å². The molecule has 0 aliphatic rings. The summed E-state index contributed by atoms with van der Waals surface area (Å²) in [5, 5.41) is 7.42. The summed E-state index contributed by atoms with van der Waals surface area (Å²) in [6.07, 6.45) is 5.19. The number of nitrogens with zero attached hydrogens (tertiary/aromatic N) is 3. The zero-order valence-corrected chi connectivity index (χ0v) is 13.5. The van der Waals surface area contributed by atoms with E-state index in [1.807, 2.05) is 12.1 Å². The van der Waals surface area contributed by atoms with Crippen LogP contribution >= 0.6 is 23.2 Å². The maximum atomic E-state index is 5.98. The van der Waals surface area contributed by atoms with E-state index in [2.05, 4.69) is 25.6 Å². The number of pyridine rings is 1. The molecule has 0 aliphatic carbocycles. The molecular weight excluding hydrogens is 333 g/mol. The van der Waals surface area contributed by atoms with Gasteiger partial charge in [-0.1, -0.05) is 23.2 Å². The van der Waals surface area contributed by atoms with E-state index >= 15 is 0 Å². The highest BCUT2D eigenvalue weighted by atomic mass is 35.5. The zero-order chi connectivity index (χ0) is 16.1. The topological polar surface area (TPSA) is 62.7 Å². The van der Waals surface area contributed by atoms with Crippen LogP contribution in [0.15, 0.2) is 55.0 Å². The molecule has 3 aromatic rings. The smallest absolute Gasteiger partial charge is 0.229 e. The molecule has 3 rings (SSSR count). The first kappa shape index (κ1) is 15.5. The molecule has 2 heterocycles. The molecule has 2 aromatic heterocycles. The third-order valence-electron chi connectivity index (χ3n) is 3.00. The third kappa shape index (κ3) is 4.55. The third-order valence-corrected chi connectivity index (χ3v) is 3.43. The first-order valence-electron chi connectivity index (χ1n) is 6.88. The van der Waals surface area contributed by atoms with E-state index in [0.29, 0.717) is 28.4 Å². The van der Waals surface area contributed by atoms with Gasteiger partial charge in [-0.05, 0) is 42.0 Å². The van der Waals surface area contributed by atoms with Gasteiger partial charge in [0.05, 0.1) is 0 Å². The van der Waals surface area contributed by atoms with Crippen LogP contribution in [0.3, 0.4) is 0 Å². The van der Waals surface area contributed by atoms with Gasteiger partial charge in [-0.25, -0.2) is 4.98 Å². The molecule has 23 heavy (non-hydrogen) atoms. The fraction of sp³-hybridized carbons (Fsp3) is 0.0625. The highest BCUT2D eigenvalue weighted by Crippen LogP contribution is 2.24. The molecule has 116 valence electrons. The van der Waals surface area contributed by atoms with Gasteiger partial charge in [0, 0.05) is 40.9 Å². The lowest BCUT2D eigenvalue weighted by Crippen LogP contribution is -2.04. The molecule has 0 unspecified atom stereocenters. The Hall–Kier alpha value is -2.37. The molecule has 0 radical (unpaired) electrons. The summed E-state index contributed by atoms with van der Waals surface area (Å²) >= 11 is 12.0. The minimum Gasteiger partial charge on any atom is -0.366 e. The van der Waals surface area contributed by atoms with Crippen LogP contribution in [0.4, 0.5) is 17.5 Å². The van der Waals surface area contributed by atoms with Gasteiger partial charge in [0.2, 0.25) is 5.95 Å². The zero-order valence-electron chi connectivity index (χ0n) is 12.0. The van der Waals surface area contributed by atoms with Gasteiger partial charge in [0.15, 0.2) is 0 Å². The summed E-state index contributed by atoms with van der Waals surface area (Å²) in [6.45, 7) is 0.655. The maximum absolute atomic E-state index is 5.98. The molecule has 1 aromatic carbocycles. The van der Waals surface area contributed by atoms with E-state index in [1.165, 1.54) is 0 Å². The normalized spacial score (nSPS) is 10.3. The molecular formula is C16H13Cl2N5. The Morgan fingerprint density at radius 1 is 0.913 bits per heavy atom. The lowest BCUT2D eigenvalue weighted by Gasteiger charge is -2.09. The average Bonchev–Trinajstić information content (AvgIpc) is 2.53. The molecule has 0 saturated carbocycles. The van der Waals surface area contributed by atoms with E-state index in [1.54, 1.807) is 42.9 Å². The van der Waals surface area contributed by atoms with Crippen LogP contribution in [-0.4, -0.2) is 15.0 Å². The van der Waals surface area contributed by atoms with Crippen LogP contribution < -0.4 is 10.6 Å². The quantitative estimate of drug-likeness (QED) is 0.710. The Balaban J connectivity index is 1.69. The Kier molecular flexibility index (Phi) is 4.90. The SMILES string of the molecule is Clc1cc(Cl)cc(Nc2nccc(NCc3ccncc3)n2)c1. The predicted molar refractivity (Wildman–Crippen MR) is 93.3 cm³/mol. The van der Waals surface area contributed by atoms with Gasteiger partial charge in [-0.3, -0.25) is 4.98 Å². The monoisotopic (exact) mass is 345 g/mol. The van der Waals surface area contributed by atoms with Gasteiger partial charge >= 0.3 is 0 Å². The molecule has 2 N–H and O–H groups in total. The lowest BCUT2D eigenvalue weighted by molar-refractivity contribution is 1.08. The highest BCUT2D eigenvalue weighted by Gasteiger charge is 2.03. The van der Waals surface area contributed by atoms with Crippen molar-refractivity contribution >= 4 is 40.7 Å². The number of hydrogen-bond donors (Lipinski definition) is 2. The molecule has 0 bridgehead atoms. The van der Waals surface area contributed by atoms with Crippen molar-refractivity contribution in [2.45, 2.75) is 6.54 Å². The van der Waals surface area contributed by atoms with E-state index < -0.39 is 0 Å². The van der Waals surface area contributed by atoms with E-state index in [4.69, 9.17) is 23.2 Å². The second-order valence-corrected chi connectivity index (χ2v) is 5.63. The maximum Gasteiger partial charge on any atom is 0.229 e. The molecule has 0 aliphatic heterocycles. The summed E-state index contributed by atoms with van der Waals surface area (Å²) in [5.41, 5.74) is 1.85. The number of nitrogens with one attached hydrogen (secondary N) is 2. The van der Waals surface area contributed by atoms with Crippen molar-refractivity contribution in [3.63, 3.8) is 0 Å². The Morgan fingerprint density at radius 2 is 1.65 bits per heavy atom. The summed E-state index contributed by atoms with van der Waals surface area (Å²) in [4.78, 5) is 12.6. The Morgan fingerprint density at radius 3 is 2.39 bits per heavy atom. The molecule has 7 heteroatoms. The summed E-state index contributed by atoms with van der Waals surface area (Å²) < 4.78 is 0. The van der Waals surface area contributed by atoms with Crippen molar-refractivity contribution in [2.24, 2.45) is 0 Å². The molecule has 0 amide bonds. The van der Waals surface area contributed by atoms with Crippen LogP contribution in [0.1, 0.15) is 5.56 Å². The fourth-order valence-corrected chi connectivity index (χ4v) is 2.49. The number of anilines is 3. The lowest BCUT2D eigenvalue weighted by atomic mass is 10.3. The van der Waals surface area contributed by atoms with E-state index in [9.17, 15) is 0 Å². The van der Waals surface area contributed by atoms with Crippen molar-refractivity contribution in [3.8, 4) is 0 Å². The fourth-order valence-electron chi connectivity index (χ4n) is 1.97. The standard InChI is InChI=1S/C16H13Cl2N5/c17-12-7-13(18)9-14(8-12)22-16-20-6-3-15(23-16)21-10-11-1-4-19-5-2-11/h1-9H,10H2,(H2,20,21,22,23). The minimum atomic E-state index is 0.461. The van der Waals surface area contributed by atoms with Crippen LogP contribution in [0, 0.1) is 0 Å².